The number of nitrogens with zero attached hydrogens (tertiary/aromatic N) is 1. The van der Waals surface area contributed by atoms with E-state index in [1.807, 2.05) is 21.1 Å². The molecule has 28 heavy (non-hydrogen) atoms. The maximum atomic E-state index is 11.1. The van der Waals surface area contributed by atoms with Gasteiger partial charge in [0.05, 0.1) is 21.1 Å². The summed E-state index contributed by atoms with van der Waals surface area (Å²) in [7, 11) is 0.761. The average molecular weight is 426 g/mol. The predicted molar refractivity (Wildman–Crippen MR) is 110 cm³/mol. The first-order chi connectivity index (χ1) is 12.8. The average Bonchev–Trinajstić information content (AvgIpc) is 2.52. The molecular formula is C20H44NO6P. The van der Waals surface area contributed by atoms with Gasteiger partial charge >= 0.3 is 0 Å². The van der Waals surface area contributed by atoms with Crippen LogP contribution in [0.1, 0.15) is 90.4 Å². The highest BCUT2D eigenvalue weighted by molar-refractivity contribution is 7.44. The minimum Gasteiger partial charge on any atom is -0.756 e. The maximum absolute atomic E-state index is 11.1. The van der Waals surface area contributed by atoms with Gasteiger partial charge in [-0.15, -0.1) is 0 Å². The SMILES string of the molecule is CCCCCCCCCCCCC(O)(O)CCC(C[N+](C)(C)C)OP(=O)([O-])O. The fraction of sp³-hybridized carbons (Fsp3) is 1.00. The number of aliphatic hydroxyl groups is 2. The Morgan fingerprint density at radius 3 is 1.82 bits per heavy atom. The van der Waals surface area contributed by atoms with Gasteiger partial charge in [-0.3, -0.25) is 4.57 Å². The lowest BCUT2D eigenvalue weighted by Crippen LogP contribution is -2.43. The molecule has 0 spiro atoms. The summed E-state index contributed by atoms with van der Waals surface area (Å²) in [6.45, 7) is 2.55. The van der Waals surface area contributed by atoms with Crippen molar-refractivity contribution in [2.45, 2.75) is 102 Å². The Morgan fingerprint density at radius 2 is 1.39 bits per heavy atom. The lowest BCUT2D eigenvalue weighted by molar-refractivity contribution is -0.873. The predicted octanol–water partition coefficient (Wildman–Crippen LogP) is 3.31. The van der Waals surface area contributed by atoms with E-state index in [-0.39, 0.29) is 19.3 Å². The van der Waals surface area contributed by atoms with E-state index in [2.05, 4.69) is 6.92 Å². The molecule has 2 unspecified atom stereocenters. The molecule has 0 saturated heterocycles. The largest absolute Gasteiger partial charge is 0.756 e. The fourth-order valence-corrected chi connectivity index (χ4v) is 3.94. The van der Waals surface area contributed by atoms with E-state index in [0.717, 1.165) is 19.3 Å². The van der Waals surface area contributed by atoms with Crippen molar-refractivity contribution in [2.75, 3.05) is 27.7 Å². The molecule has 0 bridgehead atoms. The van der Waals surface area contributed by atoms with Gasteiger partial charge in [0.25, 0.3) is 7.82 Å². The number of phosphoric ester groups is 1. The molecule has 7 nitrogen and oxygen atoms in total. The van der Waals surface area contributed by atoms with Crippen molar-refractivity contribution in [3.05, 3.63) is 0 Å². The van der Waals surface area contributed by atoms with Crippen molar-refractivity contribution >= 4 is 7.82 Å². The van der Waals surface area contributed by atoms with Gasteiger partial charge in [0.2, 0.25) is 0 Å². The first-order valence-corrected chi connectivity index (χ1v) is 12.3. The summed E-state index contributed by atoms with van der Waals surface area (Å²) in [5.74, 6) is -1.84. The van der Waals surface area contributed by atoms with E-state index in [1.165, 1.54) is 44.9 Å². The molecule has 0 amide bonds. The van der Waals surface area contributed by atoms with Crippen molar-refractivity contribution in [1.29, 1.82) is 0 Å². The summed E-state index contributed by atoms with van der Waals surface area (Å²) in [4.78, 5) is 20.0. The van der Waals surface area contributed by atoms with Crippen molar-refractivity contribution in [2.24, 2.45) is 0 Å². The van der Waals surface area contributed by atoms with Crippen LogP contribution < -0.4 is 4.89 Å². The molecule has 0 aromatic rings. The first kappa shape index (κ1) is 28.0. The molecule has 170 valence electrons. The molecule has 0 aromatic heterocycles. The van der Waals surface area contributed by atoms with Crippen LogP contribution in [0.5, 0.6) is 0 Å². The van der Waals surface area contributed by atoms with Gasteiger partial charge in [0.15, 0.2) is 5.79 Å². The number of unbranched alkanes of at least 4 members (excludes halogenated alkanes) is 9. The molecule has 0 heterocycles. The van der Waals surface area contributed by atoms with Crippen LogP contribution >= 0.6 is 7.82 Å². The van der Waals surface area contributed by atoms with Gasteiger partial charge in [-0.05, 0) is 12.8 Å². The first-order valence-electron chi connectivity index (χ1n) is 10.8. The molecule has 0 saturated carbocycles. The smallest absolute Gasteiger partial charge is 0.265 e. The fourth-order valence-electron chi connectivity index (χ4n) is 3.39. The standard InChI is InChI=1S/C20H44NO6P/c1-5-6-7-8-9-10-11-12-13-14-16-20(22,23)17-15-19(18-21(2,3)4)27-28(24,25)26/h19,22-23H,5-18H2,1-4H3,(H-,24,25,26). The van der Waals surface area contributed by atoms with E-state index in [9.17, 15) is 19.7 Å². The molecule has 0 fully saturated rings. The Kier molecular flexibility index (Phi) is 14.1. The van der Waals surface area contributed by atoms with Crippen LogP contribution in [0.25, 0.3) is 0 Å². The van der Waals surface area contributed by atoms with Crippen LogP contribution in [0.4, 0.5) is 0 Å². The molecular weight excluding hydrogens is 381 g/mol. The van der Waals surface area contributed by atoms with Gasteiger partial charge in [0.1, 0.15) is 12.6 Å². The summed E-state index contributed by atoms with van der Waals surface area (Å²) in [5, 5.41) is 20.3. The second-order valence-corrected chi connectivity index (χ2v) is 10.3. The van der Waals surface area contributed by atoms with Crippen LogP contribution in [-0.2, 0) is 9.09 Å². The van der Waals surface area contributed by atoms with E-state index in [1.54, 1.807) is 0 Å². The molecule has 2 atom stereocenters. The Balaban J connectivity index is 4.04. The van der Waals surface area contributed by atoms with E-state index < -0.39 is 19.7 Å². The maximum Gasteiger partial charge on any atom is 0.265 e. The van der Waals surface area contributed by atoms with Crippen LogP contribution in [-0.4, -0.2) is 59.2 Å². The van der Waals surface area contributed by atoms with Gasteiger partial charge < -0.3 is 29.0 Å². The molecule has 3 N–H and O–H groups in total. The number of likely N-dealkylation sites (N-methyl/N-ethyl adjacent to an activating group) is 1. The second kappa shape index (κ2) is 14.1. The topological polar surface area (TPSA) is 110 Å². The van der Waals surface area contributed by atoms with Crippen LogP contribution in [0.2, 0.25) is 0 Å². The van der Waals surface area contributed by atoms with E-state index in [4.69, 9.17) is 9.42 Å². The number of hydrogen-bond donors (Lipinski definition) is 3. The second-order valence-electron chi connectivity index (χ2n) is 9.12. The number of phosphoric acid groups is 1. The van der Waals surface area contributed by atoms with E-state index >= 15 is 0 Å². The molecule has 0 radical (unpaired) electrons. The Morgan fingerprint density at radius 1 is 0.929 bits per heavy atom. The lowest BCUT2D eigenvalue weighted by atomic mass is 9.99. The molecule has 0 rings (SSSR count). The number of quaternary nitrogens is 1. The zero-order valence-corrected chi connectivity index (χ0v) is 19.3. The number of rotatable bonds is 18. The van der Waals surface area contributed by atoms with Crippen LogP contribution in [0.15, 0.2) is 0 Å². The van der Waals surface area contributed by atoms with Crippen molar-refractivity contribution < 1.29 is 33.6 Å². The minimum absolute atomic E-state index is 0.00902. The highest BCUT2D eigenvalue weighted by atomic mass is 31.2. The Hall–Kier alpha value is -0.0100. The monoisotopic (exact) mass is 425 g/mol. The summed E-state index contributed by atoms with van der Waals surface area (Å²) in [6, 6.07) is 0. The molecule has 0 aliphatic rings. The third-order valence-corrected chi connectivity index (χ3v) is 5.40. The van der Waals surface area contributed by atoms with Gasteiger partial charge in [-0.25, -0.2) is 0 Å². The summed E-state index contributed by atoms with van der Waals surface area (Å²) < 4.78 is 16.2. The van der Waals surface area contributed by atoms with Gasteiger partial charge in [-0.1, -0.05) is 64.7 Å². The summed E-state index contributed by atoms with van der Waals surface area (Å²) >= 11 is 0. The highest BCUT2D eigenvalue weighted by Gasteiger charge is 2.28. The Bertz CT molecular complexity index is 433. The quantitative estimate of drug-likeness (QED) is 0.134. The van der Waals surface area contributed by atoms with Crippen molar-refractivity contribution in [3.63, 3.8) is 0 Å². The zero-order chi connectivity index (χ0) is 21.7. The summed E-state index contributed by atoms with van der Waals surface area (Å²) in [5.41, 5.74) is 0. The minimum atomic E-state index is -4.86. The van der Waals surface area contributed by atoms with E-state index in [0.29, 0.717) is 11.0 Å². The molecule has 8 heteroatoms. The number of hydrogen-bond acceptors (Lipinski definition) is 5. The third-order valence-electron chi connectivity index (χ3n) is 4.83. The highest BCUT2D eigenvalue weighted by Crippen LogP contribution is 2.35. The molecule has 0 aliphatic heterocycles. The normalized spacial score (nSPS) is 16.1. The third kappa shape index (κ3) is 19.3. The van der Waals surface area contributed by atoms with Crippen LogP contribution in [0, 0.1) is 0 Å². The lowest BCUT2D eigenvalue weighted by Gasteiger charge is -2.32. The van der Waals surface area contributed by atoms with Crippen LogP contribution in [0.3, 0.4) is 0 Å². The molecule has 0 aromatic carbocycles. The molecule has 0 aliphatic carbocycles. The van der Waals surface area contributed by atoms with Crippen molar-refractivity contribution in [1.82, 2.24) is 0 Å². The van der Waals surface area contributed by atoms with Crippen molar-refractivity contribution in [3.8, 4) is 0 Å². The zero-order valence-electron chi connectivity index (χ0n) is 18.4. The van der Waals surface area contributed by atoms with Gasteiger partial charge in [-0.2, -0.15) is 0 Å². The summed E-state index contributed by atoms with van der Waals surface area (Å²) in [6.07, 6.45) is 11.3. The Labute approximate surface area is 171 Å². The van der Waals surface area contributed by atoms with Gasteiger partial charge in [0, 0.05) is 12.8 Å².